The molecule has 2 heterocycles. The van der Waals surface area contributed by atoms with E-state index in [9.17, 15) is 23.6 Å². The van der Waals surface area contributed by atoms with Crippen molar-refractivity contribution in [1.29, 1.82) is 0 Å². The normalized spacial score (nSPS) is 14.0. The lowest BCUT2D eigenvalue weighted by Crippen LogP contribution is -2.53. The van der Waals surface area contributed by atoms with Crippen molar-refractivity contribution in [3.63, 3.8) is 0 Å². The first-order valence-electron chi connectivity index (χ1n) is 15.7. The van der Waals surface area contributed by atoms with Crippen LogP contribution in [0.25, 0.3) is 0 Å². The van der Waals surface area contributed by atoms with E-state index in [-0.39, 0.29) is 36.9 Å². The fourth-order valence-electron chi connectivity index (χ4n) is 4.92. The minimum Gasteiger partial charge on any atom is -0.344 e. The molecule has 2 aromatic rings. The molecular weight excluding hydrogens is 565 g/mol. The minimum atomic E-state index is -0.819. The Hall–Kier alpha value is -3.80. The number of rotatable bonds is 13. The number of carbonyl (C=O) groups excluding carboxylic acids is 4. The maximum absolute atomic E-state index is 14.9. The van der Waals surface area contributed by atoms with Gasteiger partial charge in [0.1, 0.15) is 17.6 Å². The zero-order valence-corrected chi connectivity index (χ0v) is 27.1. The third kappa shape index (κ3) is 11.4. The topological polar surface area (TPSA) is 129 Å². The van der Waals surface area contributed by atoms with E-state index < -0.39 is 23.7 Å². The van der Waals surface area contributed by atoms with Gasteiger partial charge in [0.05, 0.1) is 12.2 Å². The van der Waals surface area contributed by atoms with Gasteiger partial charge in [0.2, 0.25) is 17.7 Å². The number of likely N-dealkylation sites (tertiary alicyclic amines) is 1. The van der Waals surface area contributed by atoms with E-state index in [1.54, 1.807) is 24.0 Å². The standard InChI is InChI=1S/C27H38FN7O4.C5H12/c1-5-24(36)32-22(27(39)34-13-10-19(11-14-34)33(3)4)16-18-7-8-21(20(28)15-18)31-25(37)17-29-26(38)23-9-12-30-35(23)6-2;1-3-5-4-2/h7-9,12,15,19,22H,5-6,10-11,13-14,16-17H2,1-4H3,(H,29,38)(H,31,37)(H,32,36);3-5H2,1-2H3. The van der Waals surface area contributed by atoms with Crippen molar-refractivity contribution in [3.05, 3.63) is 47.5 Å². The third-order valence-electron chi connectivity index (χ3n) is 7.57. The van der Waals surface area contributed by atoms with Crippen molar-refractivity contribution in [2.45, 2.75) is 91.3 Å². The van der Waals surface area contributed by atoms with Crippen LogP contribution in [-0.2, 0) is 27.3 Å². The van der Waals surface area contributed by atoms with E-state index in [1.807, 2.05) is 21.0 Å². The SMILES string of the molecule is CCC(=O)NC(Cc1ccc(NC(=O)CNC(=O)c2ccnn2CC)c(F)c1)C(=O)N1CCC(N(C)C)CC1.CCCCC. The summed E-state index contributed by atoms with van der Waals surface area (Å²) < 4.78 is 16.4. The first-order chi connectivity index (χ1) is 21.0. The van der Waals surface area contributed by atoms with Crippen LogP contribution in [0.3, 0.4) is 0 Å². The molecule has 44 heavy (non-hydrogen) atoms. The van der Waals surface area contributed by atoms with E-state index in [0.717, 1.165) is 12.8 Å². The number of benzene rings is 1. The summed E-state index contributed by atoms with van der Waals surface area (Å²) in [5.74, 6) is -2.19. The van der Waals surface area contributed by atoms with Crippen LogP contribution in [-0.4, -0.2) is 89.0 Å². The number of aryl methyl sites for hydroxylation is 1. The third-order valence-corrected chi connectivity index (χ3v) is 7.57. The Bertz CT molecular complexity index is 1220. The molecule has 1 atom stereocenters. The molecule has 11 nitrogen and oxygen atoms in total. The molecule has 3 N–H and O–H groups in total. The second kappa shape index (κ2) is 18.8. The maximum atomic E-state index is 14.9. The number of anilines is 1. The molecular formula is C32H50FN7O4. The van der Waals surface area contributed by atoms with Gasteiger partial charge in [0, 0.05) is 44.7 Å². The van der Waals surface area contributed by atoms with Crippen LogP contribution in [0.2, 0.25) is 0 Å². The Balaban J connectivity index is 0.00000125. The van der Waals surface area contributed by atoms with Gasteiger partial charge in [0.15, 0.2) is 0 Å². The van der Waals surface area contributed by atoms with Crippen molar-refractivity contribution in [3.8, 4) is 0 Å². The van der Waals surface area contributed by atoms with E-state index in [2.05, 4.69) is 39.8 Å². The number of aromatic nitrogens is 2. The van der Waals surface area contributed by atoms with Crippen LogP contribution in [0.5, 0.6) is 0 Å². The molecule has 0 radical (unpaired) electrons. The molecule has 4 amide bonds. The van der Waals surface area contributed by atoms with Crippen LogP contribution < -0.4 is 16.0 Å². The Morgan fingerprint density at radius 2 is 1.70 bits per heavy atom. The van der Waals surface area contributed by atoms with Gasteiger partial charge in [0.25, 0.3) is 5.91 Å². The predicted octanol–water partition coefficient (Wildman–Crippen LogP) is 3.60. The van der Waals surface area contributed by atoms with Crippen molar-refractivity contribution in [2.24, 2.45) is 0 Å². The Kier molecular flexibility index (Phi) is 15.5. The Morgan fingerprint density at radius 1 is 1.02 bits per heavy atom. The smallest absolute Gasteiger partial charge is 0.269 e. The zero-order valence-electron chi connectivity index (χ0n) is 27.1. The quantitative estimate of drug-likeness (QED) is 0.316. The molecule has 3 rings (SSSR count). The fourth-order valence-corrected chi connectivity index (χ4v) is 4.92. The average Bonchev–Trinajstić information content (AvgIpc) is 3.50. The highest BCUT2D eigenvalue weighted by Crippen LogP contribution is 2.19. The number of nitrogens with zero attached hydrogens (tertiary/aromatic N) is 4. The summed E-state index contributed by atoms with van der Waals surface area (Å²) in [4.78, 5) is 54.0. The van der Waals surface area contributed by atoms with E-state index >= 15 is 0 Å². The monoisotopic (exact) mass is 615 g/mol. The summed E-state index contributed by atoms with van der Waals surface area (Å²) in [6.07, 6.45) is 7.60. The summed E-state index contributed by atoms with van der Waals surface area (Å²) >= 11 is 0. The maximum Gasteiger partial charge on any atom is 0.269 e. The van der Waals surface area contributed by atoms with Crippen molar-refractivity contribution < 1.29 is 23.6 Å². The van der Waals surface area contributed by atoms with E-state index in [4.69, 9.17) is 0 Å². The molecule has 244 valence electrons. The number of hydrogen-bond donors (Lipinski definition) is 3. The van der Waals surface area contributed by atoms with Gasteiger partial charge < -0.3 is 25.8 Å². The lowest BCUT2D eigenvalue weighted by molar-refractivity contribution is -0.137. The molecule has 0 saturated carbocycles. The molecule has 1 saturated heterocycles. The number of unbranched alkanes of at least 4 members (excludes halogenated alkanes) is 2. The molecule has 0 bridgehead atoms. The van der Waals surface area contributed by atoms with Gasteiger partial charge in [-0.3, -0.25) is 23.9 Å². The summed E-state index contributed by atoms with van der Waals surface area (Å²) in [6.45, 7) is 9.31. The van der Waals surface area contributed by atoms with Crippen molar-refractivity contribution in [2.75, 3.05) is 39.0 Å². The van der Waals surface area contributed by atoms with Crippen LogP contribution in [0.4, 0.5) is 10.1 Å². The van der Waals surface area contributed by atoms with Crippen LogP contribution >= 0.6 is 0 Å². The number of amides is 4. The second-order valence-electron chi connectivity index (χ2n) is 11.1. The second-order valence-corrected chi connectivity index (χ2v) is 11.1. The first kappa shape index (κ1) is 36.4. The molecule has 0 spiro atoms. The predicted molar refractivity (Wildman–Crippen MR) is 170 cm³/mol. The number of hydrogen-bond acceptors (Lipinski definition) is 6. The largest absolute Gasteiger partial charge is 0.344 e. The van der Waals surface area contributed by atoms with E-state index in [0.29, 0.717) is 36.9 Å². The van der Waals surface area contributed by atoms with Gasteiger partial charge in [-0.1, -0.05) is 46.1 Å². The van der Waals surface area contributed by atoms with Gasteiger partial charge in [-0.2, -0.15) is 5.10 Å². The lowest BCUT2D eigenvalue weighted by Gasteiger charge is -2.37. The molecule has 1 fully saturated rings. The molecule has 0 aliphatic carbocycles. The van der Waals surface area contributed by atoms with Crippen molar-refractivity contribution in [1.82, 2.24) is 30.2 Å². The number of piperidine rings is 1. The zero-order chi connectivity index (χ0) is 32.6. The fraction of sp³-hybridized carbons (Fsp3) is 0.594. The van der Waals surface area contributed by atoms with Gasteiger partial charge in [-0.05, 0) is 57.6 Å². The van der Waals surface area contributed by atoms with E-state index in [1.165, 1.54) is 42.3 Å². The summed E-state index contributed by atoms with van der Waals surface area (Å²) in [7, 11) is 4.04. The first-order valence-corrected chi connectivity index (χ1v) is 15.7. The number of carbonyl (C=O) groups is 4. The summed E-state index contributed by atoms with van der Waals surface area (Å²) in [5, 5.41) is 11.7. The highest BCUT2D eigenvalue weighted by Gasteiger charge is 2.30. The molecule has 12 heteroatoms. The Morgan fingerprint density at radius 3 is 2.25 bits per heavy atom. The molecule has 1 unspecified atom stereocenters. The van der Waals surface area contributed by atoms with Crippen molar-refractivity contribution >= 4 is 29.3 Å². The molecule has 1 aromatic carbocycles. The number of nitrogens with one attached hydrogen (secondary N) is 3. The molecule has 1 aliphatic heterocycles. The lowest BCUT2D eigenvalue weighted by atomic mass is 10.00. The summed E-state index contributed by atoms with van der Waals surface area (Å²) in [5.41, 5.74) is 0.773. The summed E-state index contributed by atoms with van der Waals surface area (Å²) in [6, 6.07) is 5.38. The van der Waals surface area contributed by atoms with Gasteiger partial charge in [-0.25, -0.2) is 4.39 Å². The van der Waals surface area contributed by atoms with Crippen LogP contribution in [0, 0.1) is 5.82 Å². The van der Waals surface area contributed by atoms with Crippen LogP contribution in [0.15, 0.2) is 30.5 Å². The molecule has 1 aromatic heterocycles. The Labute approximate surface area is 260 Å². The highest BCUT2D eigenvalue weighted by molar-refractivity contribution is 5.98. The van der Waals surface area contributed by atoms with Gasteiger partial charge >= 0.3 is 0 Å². The van der Waals surface area contributed by atoms with Gasteiger partial charge in [-0.15, -0.1) is 0 Å². The molecule has 1 aliphatic rings. The number of halogens is 1. The average molecular weight is 616 g/mol. The van der Waals surface area contributed by atoms with Crippen LogP contribution in [0.1, 0.15) is 82.3 Å². The highest BCUT2D eigenvalue weighted by atomic mass is 19.1. The minimum absolute atomic E-state index is 0.0529.